The SMILES string of the molecule is Cc1ccc(NC(=O)CCc2nccs2)cc1Cl. The van der Waals surface area contributed by atoms with Gasteiger partial charge in [0.25, 0.3) is 0 Å². The Balaban J connectivity index is 1.88. The first-order valence-corrected chi connectivity index (χ1v) is 6.85. The zero-order valence-corrected chi connectivity index (χ0v) is 11.5. The van der Waals surface area contributed by atoms with E-state index in [9.17, 15) is 4.79 Å². The van der Waals surface area contributed by atoms with Gasteiger partial charge in [-0.1, -0.05) is 17.7 Å². The molecule has 0 fully saturated rings. The Morgan fingerprint density at radius 3 is 3.00 bits per heavy atom. The Labute approximate surface area is 115 Å². The lowest BCUT2D eigenvalue weighted by Crippen LogP contribution is -2.12. The number of thiazole rings is 1. The summed E-state index contributed by atoms with van der Waals surface area (Å²) in [5.41, 5.74) is 1.73. The lowest BCUT2D eigenvalue weighted by Gasteiger charge is -2.06. The third-order valence-corrected chi connectivity index (χ3v) is 3.75. The van der Waals surface area contributed by atoms with Crippen LogP contribution in [0.5, 0.6) is 0 Å². The number of carbonyl (C=O) groups excluding carboxylic acids is 1. The predicted octanol–water partition coefficient (Wildman–Crippen LogP) is 3.68. The molecule has 2 rings (SSSR count). The van der Waals surface area contributed by atoms with Crippen molar-refractivity contribution >= 4 is 34.5 Å². The average molecular weight is 281 g/mol. The molecule has 1 heterocycles. The highest BCUT2D eigenvalue weighted by Crippen LogP contribution is 2.20. The van der Waals surface area contributed by atoms with Gasteiger partial charge in [0.2, 0.25) is 5.91 Å². The van der Waals surface area contributed by atoms with E-state index >= 15 is 0 Å². The molecule has 1 aromatic heterocycles. The fraction of sp³-hybridized carbons (Fsp3) is 0.231. The third-order valence-electron chi connectivity index (χ3n) is 2.50. The van der Waals surface area contributed by atoms with Gasteiger partial charge in [-0.15, -0.1) is 11.3 Å². The number of amides is 1. The number of benzene rings is 1. The number of carbonyl (C=O) groups is 1. The van der Waals surface area contributed by atoms with Crippen molar-refractivity contribution in [3.63, 3.8) is 0 Å². The van der Waals surface area contributed by atoms with Crippen LogP contribution in [0.25, 0.3) is 0 Å². The minimum Gasteiger partial charge on any atom is -0.326 e. The van der Waals surface area contributed by atoms with Crippen molar-refractivity contribution in [2.45, 2.75) is 19.8 Å². The number of halogens is 1. The van der Waals surface area contributed by atoms with Gasteiger partial charge < -0.3 is 5.32 Å². The number of anilines is 1. The highest BCUT2D eigenvalue weighted by molar-refractivity contribution is 7.09. The van der Waals surface area contributed by atoms with E-state index in [0.29, 0.717) is 17.9 Å². The maximum atomic E-state index is 11.7. The first-order valence-electron chi connectivity index (χ1n) is 5.59. The summed E-state index contributed by atoms with van der Waals surface area (Å²) < 4.78 is 0. The number of hydrogen-bond acceptors (Lipinski definition) is 3. The average Bonchev–Trinajstić information content (AvgIpc) is 2.84. The summed E-state index contributed by atoms with van der Waals surface area (Å²) in [6, 6.07) is 5.50. The normalized spacial score (nSPS) is 10.3. The van der Waals surface area contributed by atoms with Crippen LogP contribution in [0.2, 0.25) is 5.02 Å². The lowest BCUT2D eigenvalue weighted by atomic mass is 10.2. The van der Waals surface area contributed by atoms with Crippen LogP contribution in [0, 0.1) is 6.92 Å². The molecule has 0 aliphatic rings. The Hall–Kier alpha value is -1.39. The fourth-order valence-corrected chi connectivity index (χ4v) is 2.29. The molecule has 3 nitrogen and oxygen atoms in total. The monoisotopic (exact) mass is 280 g/mol. The highest BCUT2D eigenvalue weighted by atomic mass is 35.5. The highest BCUT2D eigenvalue weighted by Gasteiger charge is 2.05. The van der Waals surface area contributed by atoms with E-state index in [4.69, 9.17) is 11.6 Å². The molecule has 94 valence electrons. The smallest absolute Gasteiger partial charge is 0.224 e. The molecule has 1 N–H and O–H groups in total. The van der Waals surface area contributed by atoms with Crippen LogP contribution in [0.1, 0.15) is 17.0 Å². The van der Waals surface area contributed by atoms with Gasteiger partial charge in [-0.25, -0.2) is 4.98 Å². The van der Waals surface area contributed by atoms with Crippen LogP contribution >= 0.6 is 22.9 Å². The molecule has 18 heavy (non-hydrogen) atoms. The van der Waals surface area contributed by atoms with Gasteiger partial charge in [-0.2, -0.15) is 0 Å². The summed E-state index contributed by atoms with van der Waals surface area (Å²) in [5, 5.41) is 6.37. The van der Waals surface area contributed by atoms with Gasteiger partial charge in [0, 0.05) is 35.1 Å². The third kappa shape index (κ3) is 3.55. The van der Waals surface area contributed by atoms with Gasteiger partial charge in [0.1, 0.15) is 0 Å². The van der Waals surface area contributed by atoms with Crippen molar-refractivity contribution in [1.82, 2.24) is 4.98 Å². The first kappa shape index (κ1) is 13.1. The number of aryl methyl sites for hydroxylation is 2. The molecule has 0 unspecified atom stereocenters. The largest absolute Gasteiger partial charge is 0.326 e. The fourth-order valence-electron chi connectivity index (χ4n) is 1.49. The van der Waals surface area contributed by atoms with Gasteiger partial charge >= 0.3 is 0 Å². The molecule has 1 amide bonds. The summed E-state index contributed by atoms with van der Waals surface area (Å²) in [7, 11) is 0. The zero-order chi connectivity index (χ0) is 13.0. The standard InChI is InChI=1S/C13H13ClN2OS/c1-9-2-3-10(8-11(9)14)16-12(17)4-5-13-15-6-7-18-13/h2-3,6-8H,4-5H2,1H3,(H,16,17). The maximum absolute atomic E-state index is 11.7. The Morgan fingerprint density at radius 2 is 2.33 bits per heavy atom. The van der Waals surface area contributed by atoms with E-state index in [2.05, 4.69) is 10.3 Å². The first-order chi connectivity index (χ1) is 8.65. The number of hydrogen-bond donors (Lipinski definition) is 1. The molecule has 0 radical (unpaired) electrons. The number of aromatic nitrogens is 1. The molecule has 0 bridgehead atoms. The van der Waals surface area contributed by atoms with Crippen molar-refractivity contribution in [3.05, 3.63) is 45.4 Å². The topological polar surface area (TPSA) is 42.0 Å². The molecule has 2 aromatic rings. The minimum absolute atomic E-state index is 0.0230. The molecule has 0 saturated heterocycles. The maximum Gasteiger partial charge on any atom is 0.224 e. The van der Waals surface area contributed by atoms with Crippen LogP contribution < -0.4 is 5.32 Å². The Bertz CT molecular complexity index is 540. The summed E-state index contributed by atoms with van der Waals surface area (Å²) in [6.45, 7) is 1.93. The molecule has 0 aliphatic carbocycles. The van der Waals surface area contributed by atoms with Crippen LogP contribution in [0.4, 0.5) is 5.69 Å². The molecule has 0 saturated carbocycles. The molecule has 0 aliphatic heterocycles. The van der Waals surface area contributed by atoms with Crippen molar-refractivity contribution < 1.29 is 4.79 Å². The molecular weight excluding hydrogens is 268 g/mol. The van der Waals surface area contributed by atoms with Gasteiger partial charge in [0.05, 0.1) is 5.01 Å². The summed E-state index contributed by atoms with van der Waals surface area (Å²) in [5.74, 6) is -0.0230. The number of nitrogens with zero attached hydrogens (tertiary/aromatic N) is 1. The van der Waals surface area contributed by atoms with Gasteiger partial charge in [-0.3, -0.25) is 4.79 Å². The summed E-state index contributed by atoms with van der Waals surface area (Å²) >= 11 is 7.56. The Kier molecular flexibility index (Phi) is 4.33. The second kappa shape index (κ2) is 5.98. The molecule has 5 heteroatoms. The quantitative estimate of drug-likeness (QED) is 0.928. The van der Waals surface area contributed by atoms with E-state index in [1.807, 2.05) is 24.4 Å². The molecule has 0 atom stereocenters. The second-order valence-corrected chi connectivity index (χ2v) is 5.32. The predicted molar refractivity (Wildman–Crippen MR) is 75.3 cm³/mol. The van der Waals surface area contributed by atoms with Crippen molar-refractivity contribution in [3.8, 4) is 0 Å². The summed E-state index contributed by atoms with van der Waals surface area (Å²) in [4.78, 5) is 15.9. The number of rotatable bonds is 4. The van der Waals surface area contributed by atoms with E-state index < -0.39 is 0 Å². The summed E-state index contributed by atoms with van der Waals surface area (Å²) in [6.07, 6.45) is 2.85. The van der Waals surface area contributed by atoms with Gasteiger partial charge in [0.15, 0.2) is 0 Å². The number of nitrogens with one attached hydrogen (secondary N) is 1. The van der Waals surface area contributed by atoms with Crippen LogP contribution in [0.3, 0.4) is 0 Å². The lowest BCUT2D eigenvalue weighted by molar-refractivity contribution is -0.116. The Morgan fingerprint density at radius 1 is 1.50 bits per heavy atom. The molecule has 0 spiro atoms. The molecular formula is C13H13ClN2OS. The second-order valence-electron chi connectivity index (χ2n) is 3.94. The van der Waals surface area contributed by atoms with Gasteiger partial charge in [-0.05, 0) is 24.6 Å². The van der Waals surface area contributed by atoms with E-state index in [0.717, 1.165) is 16.3 Å². The van der Waals surface area contributed by atoms with Crippen LogP contribution in [-0.4, -0.2) is 10.9 Å². The van der Waals surface area contributed by atoms with E-state index in [1.54, 1.807) is 23.6 Å². The van der Waals surface area contributed by atoms with Crippen molar-refractivity contribution in [2.75, 3.05) is 5.32 Å². The minimum atomic E-state index is -0.0230. The van der Waals surface area contributed by atoms with Crippen molar-refractivity contribution in [2.24, 2.45) is 0 Å². The van der Waals surface area contributed by atoms with E-state index in [1.165, 1.54) is 0 Å². The molecule has 1 aromatic carbocycles. The zero-order valence-electron chi connectivity index (χ0n) is 9.94. The van der Waals surface area contributed by atoms with Crippen LogP contribution in [0.15, 0.2) is 29.8 Å². The van der Waals surface area contributed by atoms with E-state index in [-0.39, 0.29) is 5.91 Å². The van der Waals surface area contributed by atoms with Crippen LogP contribution in [-0.2, 0) is 11.2 Å². The van der Waals surface area contributed by atoms with Crippen molar-refractivity contribution in [1.29, 1.82) is 0 Å².